The maximum Gasteiger partial charge on any atom is 0.192 e. The number of rotatable bonds is 7. The van der Waals surface area contributed by atoms with Gasteiger partial charge in [0.25, 0.3) is 0 Å². The summed E-state index contributed by atoms with van der Waals surface area (Å²) in [5.41, 5.74) is 4.77. The summed E-state index contributed by atoms with van der Waals surface area (Å²) >= 11 is 0. The zero-order valence-electron chi connectivity index (χ0n) is 21.7. The van der Waals surface area contributed by atoms with Gasteiger partial charge in [-0.1, -0.05) is 80.8 Å². The van der Waals surface area contributed by atoms with Crippen LogP contribution < -0.4 is 4.74 Å². The van der Waals surface area contributed by atoms with Gasteiger partial charge in [0.2, 0.25) is 0 Å². The molecule has 0 bridgehead atoms. The Bertz CT molecular complexity index is 1210. The number of benzene rings is 3. The van der Waals surface area contributed by atoms with Crippen molar-refractivity contribution in [1.82, 2.24) is 0 Å². The highest BCUT2D eigenvalue weighted by Gasteiger charge is 2.16. The predicted octanol–water partition coefficient (Wildman–Crippen LogP) is 9.31. The largest absolute Gasteiger partial charge is 0.508 e. The maximum atomic E-state index is 12.8. The van der Waals surface area contributed by atoms with Crippen LogP contribution in [0.15, 0.2) is 108 Å². The van der Waals surface area contributed by atoms with Crippen molar-refractivity contribution in [2.75, 3.05) is 0 Å². The minimum absolute atomic E-state index is 0.0302. The smallest absolute Gasteiger partial charge is 0.192 e. The van der Waals surface area contributed by atoms with E-state index in [2.05, 4.69) is 32.9 Å². The van der Waals surface area contributed by atoms with Gasteiger partial charge in [0.1, 0.15) is 17.2 Å². The highest BCUT2D eigenvalue weighted by Crippen LogP contribution is 2.28. The van der Waals surface area contributed by atoms with Gasteiger partial charge in [-0.05, 0) is 79.9 Å². The first-order valence-electron chi connectivity index (χ1n) is 12.7. The van der Waals surface area contributed by atoms with Crippen molar-refractivity contribution in [3.63, 3.8) is 0 Å². The van der Waals surface area contributed by atoms with E-state index in [1.165, 1.54) is 18.4 Å². The van der Waals surface area contributed by atoms with Crippen molar-refractivity contribution in [3.05, 3.63) is 114 Å². The second-order valence-electron chi connectivity index (χ2n) is 8.92. The molecular formula is C33H36O3. The van der Waals surface area contributed by atoms with Crippen molar-refractivity contribution in [2.24, 2.45) is 5.92 Å². The van der Waals surface area contributed by atoms with E-state index in [0.717, 1.165) is 28.9 Å². The summed E-state index contributed by atoms with van der Waals surface area (Å²) in [7, 11) is 0. The zero-order chi connectivity index (χ0) is 25.9. The Morgan fingerprint density at radius 2 is 1.42 bits per heavy atom. The molecule has 36 heavy (non-hydrogen) atoms. The zero-order valence-corrected chi connectivity index (χ0v) is 21.7. The number of hydrogen-bond donors (Lipinski definition) is 1. The summed E-state index contributed by atoms with van der Waals surface area (Å²) in [6, 6.07) is 22.1. The van der Waals surface area contributed by atoms with E-state index >= 15 is 0 Å². The van der Waals surface area contributed by atoms with E-state index in [1.807, 2.05) is 67.6 Å². The molecule has 0 saturated carbocycles. The summed E-state index contributed by atoms with van der Waals surface area (Å²) < 4.78 is 5.94. The van der Waals surface area contributed by atoms with E-state index in [4.69, 9.17) is 4.74 Å². The average Bonchev–Trinajstić information content (AvgIpc) is 2.94. The number of unbranched alkanes of at least 4 members (excludes halogenated alkanes) is 1. The lowest BCUT2D eigenvalue weighted by Gasteiger charge is -2.16. The number of carbonyl (C=O) groups excluding carboxylic acids is 1. The third kappa shape index (κ3) is 7.32. The van der Waals surface area contributed by atoms with Gasteiger partial charge in [-0.3, -0.25) is 4.79 Å². The van der Waals surface area contributed by atoms with E-state index in [0.29, 0.717) is 17.2 Å². The highest BCUT2D eigenvalue weighted by molar-refractivity contribution is 6.10. The fourth-order valence-electron chi connectivity index (χ4n) is 3.69. The third-order valence-corrected chi connectivity index (χ3v) is 6.31. The number of ketones is 1. The molecule has 1 aliphatic rings. The van der Waals surface area contributed by atoms with Crippen LogP contribution in [-0.2, 0) is 0 Å². The summed E-state index contributed by atoms with van der Waals surface area (Å²) in [6.45, 7) is 8.52. The van der Waals surface area contributed by atoms with Crippen LogP contribution in [0.2, 0.25) is 0 Å². The Balaban J connectivity index is 0.000000840. The molecule has 3 aromatic rings. The second-order valence-corrected chi connectivity index (χ2v) is 8.92. The molecule has 186 valence electrons. The summed E-state index contributed by atoms with van der Waals surface area (Å²) in [4.78, 5) is 12.8. The molecule has 1 aliphatic carbocycles. The van der Waals surface area contributed by atoms with E-state index < -0.39 is 0 Å². The number of phenols is 1. The topological polar surface area (TPSA) is 46.5 Å². The van der Waals surface area contributed by atoms with Crippen molar-refractivity contribution in [2.45, 2.75) is 47.0 Å². The van der Waals surface area contributed by atoms with Gasteiger partial charge in [-0.2, -0.15) is 0 Å². The van der Waals surface area contributed by atoms with Crippen LogP contribution in [0.5, 0.6) is 17.2 Å². The molecule has 0 saturated heterocycles. The molecular weight excluding hydrogens is 444 g/mol. The van der Waals surface area contributed by atoms with Crippen LogP contribution in [-0.4, -0.2) is 10.9 Å². The lowest BCUT2D eigenvalue weighted by atomic mass is 9.88. The summed E-state index contributed by atoms with van der Waals surface area (Å²) in [5, 5.41) is 9.43. The number of phenolic OH excluding ortho intramolecular Hbond substituents is 1. The molecule has 1 N–H and O–H groups in total. The predicted molar refractivity (Wildman–Crippen MR) is 150 cm³/mol. The van der Waals surface area contributed by atoms with Crippen molar-refractivity contribution < 1.29 is 14.6 Å². The summed E-state index contributed by atoms with van der Waals surface area (Å²) in [6.07, 6.45) is 11.7. The molecule has 0 amide bonds. The number of hydrogen-bond acceptors (Lipinski definition) is 3. The molecule has 3 nitrogen and oxygen atoms in total. The molecule has 0 radical (unpaired) electrons. The molecule has 3 aromatic carbocycles. The number of Topliss-reactive ketones (excluding diaryl/α,β-unsaturated/α-hetero) is 1. The molecule has 0 fully saturated rings. The summed E-state index contributed by atoms with van der Waals surface area (Å²) in [5.74, 6) is 2.06. The first-order valence-corrected chi connectivity index (χ1v) is 12.7. The minimum Gasteiger partial charge on any atom is -0.508 e. The Morgan fingerprint density at radius 1 is 0.889 bits per heavy atom. The van der Waals surface area contributed by atoms with Gasteiger partial charge in [-0.25, -0.2) is 0 Å². The molecule has 1 unspecified atom stereocenters. The van der Waals surface area contributed by atoms with Crippen molar-refractivity contribution in [3.8, 4) is 28.4 Å². The van der Waals surface area contributed by atoms with Crippen molar-refractivity contribution in [1.29, 1.82) is 0 Å². The van der Waals surface area contributed by atoms with Gasteiger partial charge in [0.15, 0.2) is 5.78 Å². The Labute approximate surface area is 215 Å². The van der Waals surface area contributed by atoms with Crippen LogP contribution in [0, 0.1) is 5.92 Å². The quantitative estimate of drug-likeness (QED) is 0.271. The number of carbonyl (C=O) groups is 1. The lowest BCUT2D eigenvalue weighted by molar-refractivity contribution is 0.103. The normalized spacial score (nSPS) is 14.9. The first kappa shape index (κ1) is 26.7. The molecule has 3 heteroatoms. The number of allylic oxidation sites excluding steroid dienone is 6. The van der Waals surface area contributed by atoms with Crippen molar-refractivity contribution >= 4 is 5.78 Å². The fraction of sp³-hybridized carbons (Fsp3) is 0.242. The van der Waals surface area contributed by atoms with Gasteiger partial charge < -0.3 is 9.84 Å². The van der Waals surface area contributed by atoms with Crippen LogP contribution in [0.4, 0.5) is 0 Å². The van der Waals surface area contributed by atoms with E-state index in [1.54, 1.807) is 24.3 Å². The van der Waals surface area contributed by atoms with Gasteiger partial charge in [0, 0.05) is 17.1 Å². The number of aromatic hydroxyl groups is 1. The Kier molecular flexibility index (Phi) is 9.88. The molecule has 1 atom stereocenters. The molecule has 0 heterocycles. The van der Waals surface area contributed by atoms with Gasteiger partial charge in [0.05, 0.1) is 0 Å². The van der Waals surface area contributed by atoms with Crippen LogP contribution >= 0.6 is 0 Å². The lowest BCUT2D eigenvalue weighted by Crippen LogP contribution is -2.08. The Hall–Kier alpha value is -3.85. The fourth-order valence-corrected chi connectivity index (χ4v) is 3.69. The maximum absolute atomic E-state index is 12.8. The van der Waals surface area contributed by atoms with Crippen LogP contribution in [0.25, 0.3) is 11.1 Å². The Morgan fingerprint density at radius 3 is 1.89 bits per heavy atom. The highest BCUT2D eigenvalue weighted by atomic mass is 16.5. The van der Waals surface area contributed by atoms with Gasteiger partial charge >= 0.3 is 0 Å². The minimum atomic E-state index is 0.0302. The SMILES string of the molecule is C/C=C(/C)C1C=CC(C(=O)c2ccc(Oc3ccc(-c4ccc(O)cc4)cc3)cc2)=CC1.CCCC. The molecule has 0 aromatic heterocycles. The standard InChI is InChI=1S/C29H26O3.C4H10/c1-3-20(2)21-4-6-24(7-5-21)29(31)25-12-18-28(19-13-25)32-27-16-10-23(11-17-27)22-8-14-26(30)15-9-22;1-3-4-2/h3-4,6-19,21,30H,5H2,1-2H3;3-4H2,1-2H3/b20-3-;. The average molecular weight is 481 g/mol. The molecule has 4 rings (SSSR count). The molecule has 0 aliphatic heterocycles. The van der Waals surface area contributed by atoms with Gasteiger partial charge in [-0.15, -0.1) is 0 Å². The second kappa shape index (κ2) is 13.3. The van der Waals surface area contributed by atoms with Crippen LogP contribution in [0.1, 0.15) is 57.3 Å². The number of ether oxygens (including phenoxy) is 1. The van der Waals surface area contributed by atoms with Crippen LogP contribution in [0.3, 0.4) is 0 Å². The molecule has 0 spiro atoms. The third-order valence-electron chi connectivity index (χ3n) is 6.31. The van der Waals surface area contributed by atoms with E-state index in [9.17, 15) is 9.90 Å². The first-order chi connectivity index (χ1) is 17.4. The van der Waals surface area contributed by atoms with E-state index in [-0.39, 0.29) is 11.5 Å². The monoisotopic (exact) mass is 480 g/mol.